The third-order valence-electron chi connectivity index (χ3n) is 1.77. The molecule has 0 saturated heterocycles. The SMILES string of the molecule is CN[C@@H]1CC(C)=C(N)NC=N1. The molecule has 0 aliphatic carbocycles. The Hall–Kier alpha value is -1.03. The van der Waals surface area contributed by atoms with Crippen LogP contribution in [0.3, 0.4) is 0 Å². The number of aliphatic imine (C=N–C) groups is 1. The van der Waals surface area contributed by atoms with Crippen LogP contribution in [0.2, 0.25) is 0 Å². The molecule has 62 valence electrons. The Morgan fingerprint density at radius 2 is 2.55 bits per heavy atom. The minimum atomic E-state index is 0.156. The highest BCUT2D eigenvalue weighted by Gasteiger charge is 2.08. The van der Waals surface area contributed by atoms with Crippen LogP contribution in [0.4, 0.5) is 0 Å². The third kappa shape index (κ3) is 1.94. The van der Waals surface area contributed by atoms with E-state index in [1.807, 2.05) is 14.0 Å². The second-order valence-electron chi connectivity index (χ2n) is 2.63. The zero-order valence-electron chi connectivity index (χ0n) is 6.89. The molecule has 4 nitrogen and oxygen atoms in total. The first-order valence-corrected chi connectivity index (χ1v) is 3.64. The van der Waals surface area contributed by atoms with Crippen molar-refractivity contribution < 1.29 is 0 Å². The van der Waals surface area contributed by atoms with Gasteiger partial charge in [0.15, 0.2) is 0 Å². The number of hydrogen-bond donors (Lipinski definition) is 3. The van der Waals surface area contributed by atoms with Crippen molar-refractivity contribution in [2.45, 2.75) is 19.5 Å². The predicted octanol–water partition coefficient (Wildman–Crippen LogP) is -0.256. The van der Waals surface area contributed by atoms with Crippen molar-refractivity contribution in [3.8, 4) is 0 Å². The lowest BCUT2D eigenvalue weighted by Gasteiger charge is -2.08. The van der Waals surface area contributed by atoms with Gasteiger partial charge in [-0.15, -0.1) is 0 Å². The molecule has 11 heavy (non-hydrogen) atoms. The first kappa shape index (κ1) is 8.07. The normalized spacial score (nSPS) is 24.7. The van der Waals surface area contributed by atoms with Crippen LogP contribution in [0, 0.1) is 0 Å². The fourth-order valence-electron chi connectivity index (χ4n) is 0.949. The number of nitrogens with zero attached hydrogens (tertiary/aromatic N) is 1. The third-order valence-corrected chi connectivity index (χ3v) is 1.77. The van der Waals surface area contributed by atoms with Gasteiger partial charge in [-0.3, -0.25) is 10.3 Å². The van der Waals surface area contributed by atoms with Gasteiger partial charge in [0.1, 0.15) is 12.0 Å². The maximum atomic E-state index is 5.64. The maximum absolute atomic E-state index is 5.64. The Balaban J connectivity index is 2.69. The second kappa shape index (κ2) is 3.39. The van der Waals surface area contributed by atoms with Crippen LogP contribution in [0.1, 0.15) is 13.3 Å². The van der Waals surface area contributed by atoms with Crippen molar-refractivity contribution in [1.82, 2.24) is 10.6 Å². The van der Waals surface area contributed by atoms with E-state index in [-0.39, 0.29) is 6.17 Å². The van der Waals surface area contributed by atoms with E-state index in [2.05, 4.69) is 15.6 Å². The molecule has 0 bridgehead atoms. The van der Waals surface area contributed by atoms with E-state index in [1.54, 1.807) is 6.34 Å². The van der Waals surface area contributed by atoms with Crippen LogP contribution in [-0.2, 0) is 0 Å². The lowest BCUT2D eigenvalue weighted by atomic mass is 10.2. The van der Waals surface area contributed by atoms with Gasteiger partial charge in [-0.05, 0) is 19.5 Å². The standard InChI is InChI=1S/C7H14N4/c1-5-3-6(9-2)10-4-11-7(5)8/h4,6,9H,3,8H2,1-2H3,(H,10,11)/t6-/m0/s1. The number of rotatable bonds is 1. The predicted molar refractivity (Wildman–Crippen MR) is 46.0 cm³/mol. The van der Waals surface area contributed by atoms with Gasteiger partial charge in [0, 0.05) is 6.42 Å². The molecular formula is C7H14N4. The molecule has 4 heteroatoms. The van der Waals surface area contributed by atoms with E-state index in [0.29, 0.717) is 5.82 Å². The Kier molecular flexibility index (Phi) is 2.48. The van der Waals surface area contributed by atoms with Crippen molar-refractivity contribution >= 4 is 6.34 Å². The van der Waals surface area contributed by atoms with Crippen LogP contribution in [-0.4, -0.2) is 19.6 Å². The van der Waals surface area contributed by atoms with Gasteiger partial charge in [0.2, 0.25) is 0 Å². The Morgan fingerprint density at radius 3 is 3.18 bits per heavy atom. The molecule has 0 fully saturated rings. The van der Waals surface area contributed by atoms with Gasteiger partial charge in [0.25, 0.3) is 0 Å². The van der Waals surface area contributed by atoms with Crippen molar-refractivity contribution in [1.29, 1.82) is 0 Å². The van der Waals surface area contributed by atoms with E-state index < -0.39 is 0 Å². The summed E-state index contributed by atoms with van der Waals surface area (Å²) in [6, 6.07) is 0. The number of nitrogens with one attached hydrogen (secondary N) is 2. The lowest BCUT2D eigenvalue weighted by Crippen LogP contribution is -2.22. The zero-order chi connectivity index (χ0) is 8.27. The largest absolute Gasteiger partial charge is 0.385 e. The molecule has 1 aliphatic heterocycles. The topological polar surface area (TPSA) is 62.4 Å². The Labute approximate surface area is 66.6 Å². The van der Waals surface area contributed by atoms with Crippen molar-refractivity contribution in [3.63, 3.8) is 0 Å². The highest BCUT2D eigenvalue weighted by Crippen LogP contribution is 2.08. The molecule has 0 unspecified atom stereocenters. The van der Waals surface area contributed by atoms with Gasteiger partial charge in [-0.25, -0.2) is 0 Å². The van der Waals surface area contributed by atoms with E-state index in [4.69, 9.17) is 5.73 Å². The highest BCUT2D eigenvalue weighted by molar-refractivity contribution is 5.58. The summed E-state index contributed by atoms with van der Waals surface area (Å²) in [7, 11) is 1.89. The molecule has 0 saturated carbocycles. The smallest absolute Gasteiger partial charge is 0.105 e. The summed E-state index contributed by atoms with van der Waals surface area (Å²) < 4.78 is 0. The average Bonchev–Trinajstić information content (AvgIpc) is 2.15. The minimum Gasteiger partial charge on any atom is -0.385 e. The van der Waals surface area contributed by atoms with Crippen LogP contribution in [0.15, 0.2) is 16.4 Å². The minimum absolute atomic E-state index is 0.156. The molecule has 4 N–H and O–H groups in total. The van der Waals surface area contributed by atoms with E-state index in [9.17, 15) is 0 Å². The summed E-state index contributed by atoms with van der Waals surface area (Å²) in [5, 5.41) is 5.95. The number of hydrogen-bond acceptors (Lipinski definition) is 4. The molecule has 1 aliphatic rings. The van der Waals surface area contributed by atoms with Gasteiger partial charge in [-0.1, -0.05) is 0 Å². The van der Waals surface area contributed by atoms with Crippen molar-refractivity contribution in [2.24, 2.45) is 10.7 Å². The molecule has 0 spiro atoms. The molecule has 0 amide bonds. The molecular weight excluding hydrogens is 140 g/mol. The summed E-state index contributed by atoms with van der Waals surface area (Å²) in [4.78, 5) is 4.17. The first-order valence-electron chi connectivity index (χ1n) is 3.64. The van der Waals surface area contributed by atoms with Gasteiger partial charge < -0.3 is 11.1 Å². The zero-order valence-corrected chi connectivity index (χ0v) is 6.89. The summed E-state index contributed by atoms with van der Waals surface area (Å²) in [5.41, 5.74) is 6.79. The molecule has 0 aromatic rings. The van der Waals surface area contributed by atoms with Gasteiger partial charge in [0.05, 0.1) is 6.34 Å². The lowest BCUT2D eigenvalue weighted by molar-refractivity contribution is 0.585. The first-order chi connectivity index (χ1) is 5.24. The summed E-state index contributed by atoms with van der Waals surface area (Å²) >= 11 is 0. The van der Waals surface area contributed by atoms with Crippen LogP contribution >= 0.6 is 0 Å². The van der Waals surface area contributed by atoms with E-state index in [1.165, 1.54) is 0 Å². The average molecular weight is 154 g/mol. The van der Waals surface area contributed by atoms with E-state index in [0.717, 1.165) is 12.0 Å². The molecule has 0 radical (unpaired) electrons. The van der Waals surface area contributed by atoms with Crippen molar-refractivity contribution in [3.05, 3.63) is 11.4 Å². The summed E-state index contributed by atoms with van der Waals surface area (Å²) in [5.74, 6) is 0.714. The second-order valence-corrected chi connectivity index (χ2v) is 2.63. The molecule has 0 aromatic heterocycles. The maximum Gasteiger partial charge on any atom is 0.105 e. The van der Waals surface area contributed by atoms with Gasteiger partial charge in [-0.2, -0.15) is 0 Å². The Morgan fingerprint density at radius 1 is 1.82 bits per heavy atom. The summed E-state index contributed by atoms with van der Waals surface area (Å²) in [6.45, 7) is 2.00. The fourth-order valence-corrected chi connectivity index (χ4v) is 0.949. The molecule has 1 heterocycles. The summed E-state index contributed by atoms with van der Waals surface area (Å²) in [6.07, 6.45) is 2.65. The van der Waals surface area contributed by atoms with Crippen LogP contribution in [0.5, 0.6) is 0 Å². The monoisotopic (exact) mass is 154 g/mol. The van der Waals surface area contributed by atoms with Crippen LogP contribution in [0.25, 0.3) is 0 Å². The highest BCUT2D eigenvalue weighted by atomic mass is 15.1. The Bertz CT molecular complexity index is 195. The quantitative estimate of drug-likeness (QED) is 0.488. The molecule has 1 atom stereocenters. The number of nitrogens with two attached hydrogens (primary N) is 1. The van der Waals surface area contributed by atoms with Crippen LogP contribution < -0.4 is 16.4 Å². The molecule has 1 rings (SSSR count). The molecule has 0 aromatic carbocycles. The van der Waals surface area contributed by atoms with Gasteiger partial charge >= 0.3 is 0 Å². The fraction of sp³-hybridized carbons (Fsp3) is 0.571. The van der Waals surface area contributed by atoms with E-state index >= 15 is 0 Å². The van der Waals surface area contributed by atoms with Crippen molar-refractivity contribution in [2.75, 3.05) is 7.05 Å².